The van der Waals surface area contributed by atoms with Gasteiger partial charge >= 0.3 is 0 Å². The number of anilines is 2. The molecule has 1 aliphatic heterocycles. The quantitative estimate of drug-likeness (QED) is 0.501. The number of piperazine rings is 1. The summed E-state index contributed by atoms with van der Waals surface area (Å²) in [7, 11) is 2.02. The van der Waals surface area contributed by atoms with E-state index in [1.807, 2.05) is 18.0 Å². The summed E-state index contributed by atoms with van der Waals surface area (Å²) in [4.78, 5) is 29.7. The van der Waals surface area contributed by atoms with Crippen molar-refractivity contribution in [2.75, 3.05) is 43.9 Å². The fourth-order valence-electron chi connectivity index (χ4n) is 2.45. The third-order valence-corrected chi connectivity index (χ3v) is 3.87. The molecule has 1 aliphatic rings. The van der Waals surface area contributed by atoms with E-state index in [9.17, 15) is 14.9 Å². The molecule has 1 heterocycles. The van der Waals surface area contributed by atoms with Gasteiger partial charge in [-0.1, -0.05) is 0 Å². The summed E-state index contributed by atoms with van der Waals surface area (Å²) in [5, 5.41) is 9.37. The zero-order valence-electron chi connectivity index (χ0n) is 13.9. The Hall–Kier alpha value is -2.85. The number of nitriles is 1. The van der Waals surface area contributed by atoms with Crippen LogP contribution < -0.4 is 10.6 Å². The van der Waals surface area contributed by atoms with E-state index in [-0.39, 0.29) is 5.57 Å². The van der Waals surface area contributed by atoms with Crippen molar-refractivity contribution in [1.29, 1.82) is 5.26 Å². The van der Waals surface area contributed by atoms with Crippen LogP contribution in [0.1, 0.15) is 6.92 Å². The Kier molecular flexibility index (Phi) is 5.55. The third kappa shape index (κ3) is 4.12. The SMILES string of the molecule is CC(=O)N(C(=O)/C(C#N)=C\N1CCN(C)CC1)c1ccc(N)cc1. The molecule has 1 aromatic carbocycles. The van der Waals surface area contributed by atoms with Crippen LogP contribution in [0.4, 0.5) is 11.4 Å². The number of nitrogen functional groups attached to an aromatic ring is 1. The lowest BCUT2D eigenvalue weighted by Crippen LogP contribution is -2.42. The number of imide groups is 1. The van der Waals surface area contributed by atoms with Crippen LogP contribution in [-0.2, 0) is 9.59 Å². The summed E-state index contributed by atoms with van der Waals surface area (Å²) in [6.45, 7) is 4.47. The second-order valence-electron chi connectivity index (χ2n) is 5.74. The van der Waals surface area contributed by atoms with Crippen LogP contribution >= 0.6 is 0 Å². The van der Waals surface area contributed by atoms with Crippen molar-refractivity contribution in [3.8, 4) is 6.07 Å². The Bertz CT molecular complexity index is 682. The molecule has 1 aromatic rings. The minimum Gasteiger partial charge on any atom is -0.399 e. The van der Waals surface area contributed by atoms with Crippen molar-refractivity contribution < 1.29 is 9.59 Å². The molecule has 7 nitrogen and oxygen atoms in total. The molecule has 1 saturated heterocycles. The molecule has 0 radical (unpaired) electrons. The molecule has 0 atom stereocenters. The number of rotatable bonds is 3. The molecule has 0 spiro atoms. The highest BCUT2D eigenvalue weighted by Crippen LogP contribution is 2.19. The minimum atomic E-state index is -0.631. The molecule has 0 saturated carbocycles. The van der Waals surface area contributed by atoms with Crippen LogP contribution in [0.25, 0.3) is 0 Å². The fourth-order valence-corrected chi connectivity index (χ4v) is 2.45. The molecule has 0 aliphatic carbocycles. The summed E-state index contributed by atoms with van der Waals surface area (Å²) in [5.41, 5.74) is 6.49. The van der Waals surface area contributed by atoms with Gasteiger partial charge in [-0.05, 0) is 31.3 Å². The first-order valence-corrected chi connectivity index (χ1v) is 7.67. The van der Waals surface area contributed by atoms with E-state index in [2.05, 4.69) is 4.90 Å². The van der Waals surface area contributed by atoms with E-state index < -0.39 is 11.8 Å². The summed E-state index contributed by atoms with van der Waals surface area (Å²) in [6.07, 6.45) is 1.54. The highest BCUT2D eigenvalue weighted by molar-refractivity contribution is 6.21. The van der Waals surface area contributed by atoms with Crippen molar-refractivity contribution in [2.45, 2.75) is 6.92 Å². The second kappa shape index (κ2) is 7.62. The topological polar surface area (TPSA) is 93.7 Å². The molecule has 2 N–H and O–H groups in total. The van der Waals surface area contributed by atoms with Gasteiger partial charge in [0.25, 0.3) is 5.91 Å². The summed E-state index contributed by atoms with van der Waals surface area (Å²) in [6, 6.07) is 8.29. The molecule has 0 aromatic heterocycles. The van der Waals surface area contributed by atoms with Gasteiger partial charge in [0.15, 0.2) is 0 Å². The van der Waals surface area contributed by atoms with E-state index in [0.29, 0.717) is 11.4 Å². The van der Waals surface area contributed by atoms with E-state index in [1.54, 1.807) is 30.5 Å². The van der Waals surface area contributed by atoms with Gasteiger partial charge in [-0.15, -0.1) is 0 Å². The first-order chi connectivity index (χ1) is 11.4. The maximum atomic E-state index is 12.7. The molecule has 2 amide bonds. The Morgan fingerprint density at radius 1 is 1.21 bits per heavy atom. The smallest absolute Gasteiger partial charge is 0.277 e. The van der Waals surface area contributed by atoms with Crippen molar-refractivity contribution in [1.82, 2.24) is 9.80 Å². The number of likely N-dealkylation sites (N-methyl/N-ethyl adjacent to an activating group) is 1. The number of benzene rings is 1. The lowest BCUT2D eigenvalue weighted by Gasteiger charge is -2.31. The Morgan fingerprint density at radius 3 is 2.29 bits per heavy atom. The van der Waals surface area contributed by atoms with Crippen LogP contribution in [-0.4, -0.2) is 54.8 Å². The largest absolute Gasteiger partial charge is 0.399 e. The molecular weight excluding hydrogens is 306 g/mol. The predicted molar refractivity (Wildman–Crippen MR) is 91.8 cm³/mol. The van der Waals surface area contributed by atoms with Crippen LogP contribution in [0.5, 0.6) is 0 Å². The highest BCUT2D eigenvalue weighted by atomic mass is 16.2. The van der Waals surface area contributed by atoms with E-state index in [1.165, 1.54) is 6.92 Å². The molecule has 126 valence electrons. The fraction of sp³-hybridized carbons (Fsp3) is 0.353. The zero-order valence-corrected chi connectivity index (χ0v) is 13.9. The summed E-state index contributed by atoms with van der Waals surface area (Å²) >= 11 is 0. The number of hydrogen-bond acceptors (Lipinski definition) is 6. The molecule has 2 rings (SSSR count). The Morgan fingerprint density at radius 2 is 1.79 bits per heavy atom. The predicted octanol–water partition coefficient (Wildman–Crippen LogP) is 0.803. The van der Waals surface area contributed by atoms with Gasteiger partial charge in [0.1, 0.15) is 11.6 Å². The summed E-state index contributed by atoms with van der Waals surface area (Å²) in [5.74, 6) is -1.09. The van der Waals surface area contributed by atoms with Gasteiger partial charge in [-0.3, -0.25) is 9.59 Å². The Balaban J connectivity index is 2.25. The lowest BCUT2D eigenvalue weighted by atomic mass is 10.2. The van der Waals surface area contributed by atoms with Crippen molar-refractivity contribution in [3.05, 3.63) is 36.0 Å². The minimum absolute atomic E-state index is 0.0634. The van der Waals surface area contributed by atoms with E-state index in [0.717, 1.165) is 31.1 Å². The number of hydrogen-bond donors (Lipinski definition) is 1. The number of carbonyl (C=O) groups is 2. The first-order valence-electron chi connectivity index (χ1n) is 7.67. The molecule has 1 fully saturated rings. The molecule has 0 unspecified atom stereocenters. The number of carbonyl (C=O) groups excluding carboxylic acids is 2. The van der Waals surface area contributed by atoms with E-state index >= 15 is 0 Å². The molecule has 24 heavy (non-hydrogen) atoms. The number of nitrogens with two attached hydrogens (primary N) is 1. The van der Waals surface area contributed by atoms with Gasteiger partial charge in [-0.2, -0.15) is 5.26 Å². The maximum Gasteiger partial charge on any atom is 0.277 e. The monoisotopic (exact) mass is 327 g/mol. The molecule has 0 bridgehead atoms. The van der Waals surface area contributed by atoms with Crippen LogP contribution in [0.3, 0.4) is 0 Å². The average Bonchev–Trinajstić information content (AvgIpc) is 2.56. The van der Waals surface area contributed by atoms with Gasteiger partial charge < -0.3 is 15.5 Å². The van der Waals surface area contributed by atoms with Gasteiger partial charge in [0.05, 0.1) is 5.69 Å². The van der Waals surface area contributed by atoms with Gasteiger partial charge in [0, 0.05) is 45.0 Å². The molecule has 7 heteroatoms. The van der Waals surface area contributed by atoms with Gasteiger partial charge in [-0.25, -0.2) is 4.90 Å². The summed E-state index contributed by atoms with van der Waals surface area (Å²) < 4.78 is 0. The van der Waals surface area contributed by atoms with Crippen LogP contribution in [0.2, 0.25) is 0 Å². The Labute approximate surface area is 141 Å². The number of amides is 2. The average molecular weight is 327 g/mol. The highest BCUT2D eigenvalue weighted by Gasteiger charge is 2.25. The van der Waals surface area contributed by atoms with Crippen molar-refractivity contribution in [3.63, 3.8) is 0 Å². The van der Waals surface area contributed by atoms with Crippen molar-refractivity contribution in [2.24, 2.45) is 0 Å². The van der Waals surface area contributed by atoms with Crippen LogP contribution in [0.15, 0.2) is 36.0 Å². The second-order valence-corrected chi connectivity index (χ2v) is 5.74. The normalized spacial score (nSPS) is 15.7. The standard InChI is InChI=1S/C17H21N5O2/c1-13(23)22(16-5-3-15(19)4-6-16)17(24)14(11-18)12-21-9-7-20(2)8-10-21/h3-6,12H,7-10,19H2,1-2H3/b14-12-. The number of nitrogens with zero attached hydrogens (tertiary/aromatic N) is 4. The zero-order chi connectivity index (χ0) is 17.7. The van der Waals surface area contributed by atoms with Gasteiger partial charge in [0.2, 0.25) is 5.91 Å². The van der Waals surface area contributed by atoms with E-state index in [4.69, 9.17) is 5.73 Å². The lowest BCUT2D eigenvalue weighted by molar-refractivity contribution is -0.123. The molecular formula is C17H21N5O2. The van der Waals surface area contributed by atoms with Crippen LogP contribution in [0, 0.1) is 11.3 Å². The van der Waals surface area contributed by atoms with Crippen molar-refractivity contribution >= 4 is 23.2 Å². The third-order valence-electron chi connectivity index (χ3n) is 3.87. The maximum absolute atomic E-state index is 12.7. The first kappa shape index (κ1) is 17.5.